The maximum absolute atomic E-state index is 12.9. The minimum Gasteiger partial charge on any atom is -0.386 e. The maximum atomic E-state index is 12.9. The zero-order valence-corrected chi connectivity index (χ0v) is 7.87. The topological polar surface area (TPSA) is 50.7 Å². The number of benzene rings is 1. The first-order valence-corrected chi connectivity index (χ1v) is 4.51. The molecule has 0 aromatic heterocycles. The quantitative estimate of drug-likeness (QED) is 0.753. The van der Waals surface area contributed by atoms with E-state index in [9.17, 15) is 8.78 Å². The number of hydrogen-bond donors (Lipinski definition) is 1. The summed E-state index contributed by atoms with van der Waals surface area (Å²) in [5, 5.41) is 7.55. The van der Waals surface area contributed by atoms with Crippen molar-refractivity contribution in [1.82, 2.24) is 0 Å². The predicted molar refractivity (Wildman–Crippen MR) is 53.8 cm³/mol. The lowest BCUT2D eigenvalue weighted by atomic mass is 10.0. The van der Waals surface area contributed by atoms with Crippen molar-refractivity contribution in [3.63, 3.8) is 0 Å². The average molecular weight is 209 g/mol. The Morgan fingerprint density at radius 3 is 2.47 bits per heavy atom. The van der Waals surface area contributed by atoms with E-state index in [0.29, 0.717) is 30.0 Å². The number of hydrogen-bond acceptors (Lipinski definition) is 3. The van der Waals surface area contributed by atoms with Gasteiger partial charge in [0, 0.05) is 12.0 Å². The third-order valence-corrected chi connectivity index (χ3v) is 2.17. The average Bonchev–Trinajstić information content (AvgIpc) is 2.23. The minimum atomic E-state index is -0.877. The summed E-state index contributed by atoms with van der Waals surface area (Å²) in [4.78, 5) is 0. The highest BCUT2D eigenvalue weighted by Gasteiger charge is 2.11. The fourth-order valence-corrected chi connectivity index (χ4v) is 1.35. The van der Waals surface area contributed by atoms with Crippen molar-refractivity contribution >= 4 is 11.5 Å². The standard InChI is InChI=1S/C10H9F2N3/c11-7-2-1-6(5-8(7)12)9-3-4-10(13)15-14-9/h1-2,5H,3-4H2,(H2,13,15). The number of halogens is 2. The summed E-state index contributed by atoms with van der Waals surface area (Å²) < 4.78 is 25.6. The molecule has 1 aliphatic heterocycles. The lowest BCUT2D eigenvalue weighted by Crippen LogP contribution is -2.17. The van der Waals surface area contributed by atoms with Crippen LogP contribution in [0.4, 0.5) is 8.78 Å². The molecule has 1 aromatic carbocycles. The van der Waals surface area contributed by atoms with E-state index in [4.69, 9.17) is 5.73 Å². The van der Waals surface area contributed by atoms with Crippen molar-refractivity contribution in [3.05, 3.63) is 35.4 Å². The Bertz CT molecular complexity index is 452. The molecule has 3 nitrogen and oxygen atoms in total. The molecular formula is C10H9F2N3. The smallest absolute Gasteiger partial charge is 0.159 e. The van der Waals surface area contributed by atoms with E-state index in [1.807, 2.05) is 0 Å². The highest BCUT2D eigenvalue weighted by Crippen LogP contribution is 2.14. The van der Waals surface area contributed by atoms with Crippen molar-refractivity contribution in [3.8, 4) is 0 Å². The van der Waals surface area contributed by atoms with Crippen molar-refractivity contribution in [2.24, 2.45) is 15.9 Å². The van der Waals surface area contributed by atoms with Crippen LogP contribution in [0.5, 0.6) is 0 Å². The highest BCUT2D eigenvalue weighted by atomic mass is 19.2. The van der Waals surface area contributed by atoms with E-state index in [0.717, 1.165) is 12.1 Å². The second-order valence-corrected chi connectivity index (χ2v) is 3.27. The molecule has 15 heavy (non-hydrogen) atoms. The van der Waals surface area contributed by atoms with Gasteiger partial charge in [0.25, 0.3) is 0 Å². The fourth-order valence-electron chi connectivity index (χ4n) is 1.35. The number of rotatable bonds is 1. The van der Waals surface area contributed by atoms with Gasteiger partial charge in [0.2, 0.25) is 0 Å². The second-order valence-electron chi connectivity index (χ2n) is 3.27. The van der Waals surface area contributed by atoms with Crippen molar-refractivity contribution in [1.29, 1.82) is 0 Å². The van der Waals surface area contributed by atoms with Crippen molar-refractivity contribution < 1.29 is 8.78 Å². The molecule has 1 aliphatic rings. The van der Waals surface area contributed by atoms with Gasteiger partial charge < -0.3 is 5.73 Å². The summed E-state index contributed by atoms with van der Waals surface area (Å²) in [7, 11) is 0. The number of nitrogens with zero attached hydrogens (tertiary/aromatic N) is 2. The first kappa shape index (κ1) is 9.76. The predicted octanol–water partition coefficient (Wildman–Crippen LogP) is 1.82. The zero-order chi connectivity index (χ0) is 10.8. The molecule has 0 saturated heterocycles. The normalized spacial score (nSPS) is 15.9. The Hall–Kier alpha value is -1.78. The van der Waals surface area contributed by atoms with Crippen LogP contribution in [-0.4, -0.2) is 11.5 Å². The monoisotopic (exact) mass is 209 g/mol. The van der Waals surface area contributed by atoms with Crippen LogP contribution in [0.2, 0.25) is 0 Å². The minimum absolute atomic E-state index is 0.460. The van der Waals surface area contributed by atoms with Gasteiger partial charge in [0.15, 0.2) is 11.6 Å². The Balaban J connectivity index is 2.35. The molecule has 0 unspecified atom stereocenters. The first-order chi connectivity index (χ1) is 7.16. The molecule has 1 aromatic rings. The molecular weight excluding hydrogens is 200 g/mol. The molecule has 2 rings (SSSR count). The largest absolute Gasteiger partial charge is 0.386 e. The molecule has 2 N–H and O–H groups in total. The first-order valence-electron chi connectivity index (χ1n) is 4.51. The lowest BCUT2D eigenvalue weighted by molar-refractivity contribution is 0.508. The molecule has 0 atom stereocenters. The second kappa shape index (κ2) is 3.76. The molecule has 0 fully saturated rings. The molecule has 0 spiro atoms. The summed E-state index contributed by atoms with van der Waals surface area (Å²) in [5.74, 6) is -1.28. The van der Waals surface area contributed by atoms with E-state index >= 15 is 0 Å². The summed E-state index contributed by atoms with van der Waals surface area (Å²) in [6, 6.07) is 3.67. The molecule has 5 heteroatoms. The lowest BCUT2D eigenvalue weighted by Gasteiger charge is -2.09. The van der Waals surface area contributed by atoms with Crippen molar-refractivity contribution in [2.75, 3.05) is 0 Å². The van der Waals surface area contributed by atoms with Crippen LogP contribution < -0.4 is 5.73 Å². The number of nitrogens with two attached hydrogens (primary N) is 1. The molecule has 0 bridgehead atoms. The van der Waals surface area contributed by atoms with Gasteiger partial charge in [0.05, 0.1) is 5.71 Å². The third kappa shape index (κ3) is 2.01. The zero-order valence-electron chi connectivity index (χ0n) is 7.87. The fraction of sp³-hybridized carbons (Fsp3) is 0.200. The van der Waals surface area contributed by atoms with E-state index in [1.165, 1.54) is 6.07 Å². The van der Waals surface area contributed by atoms with E-state index < -0.39 is 11.6 Å². The van der Waals surface area contributed by atoms with Crippen LogP contribution in [0.1, 0.15) is 18.4 Å². The Labute approximate surface area is 85.3 Å². The summed E-state index contributed by atoms with van der Waals surface area (Å²) >= 11 is 0. The van der Waals surface area contributed by atoms with Gasteiger partial charge in [-0.15, -0.1) is 5.10 Å². The van der Waals surface area contributed by atoms with Crippen LogP contribution in [0.25, 0.3) is 0 Å². The van der Waals surface area contributed by atoms with Crippen LogP contribution in [0, 0.1) is 11.6 Å². The van der Waals surface area contributed by atoms with Crippen LogP contribution >= 0.6 is 0 Å². The van der Waals surface area contributed by atoms with E-state index in [2.05, 4.69) is 10.2 Å². The summed E-state index contributed by atoms with van der Waals surface area (Å²) in [6.07, 6.45) is 1.19. The van der Waals surface area contributed by atoms with E-state index in [-0.39, 0.29) is 0 Å². The van der Waals surface area contributed by atoms with Gasteiger partial charge >= 0.3 is 0 Å². The third-order valence-electron chi connectivity index (χ3n) is 2.17. The Morgan fingerprint density at radius 1 is 1.07 bits per heavy atom. The van der Waals surface area contributed by atoms with Crippen molar-refractivity contribution in [2.45, 2.75) is 12.8 Å². The van der Waals surface area contributed by atoms with Crippen LogP contribution in [-0.2, 0) is 0 Å². The summed E-state index contributed by atoms with van der Waals surface area (Å²) in [6.45, 7) is 0. The molecule has 0 aliphatic carbocycles. The molecule has 0 radical (unpaired) electrons. The van der Waals surface area contributed by atoms with Gasteiger partial charge in [-0.25, -0.2) is 8.78 Å². The Morgan fingerprint density at radius 2 is 1.87 bits per heavy atom. The van der Waals surface area contributed by atoms with Gasteiger partial charge in [-0.05, 0) is 24.6 Å². The molecule has 0 saturated carbocycles. The van der Waals surface area contributed by atoms with E-state index in [1.54, 1.807) is 0 Å². The SMILES string of the molecule is NC1=NN=C(c2ccc(F)c(F)c2)CC1. The van der Waals surface area contributed by atoms with Gasteiger partial charge in [0.1, 0.15) is 5.84 Å². The molecule has 78 valence electrons. The molecule has 0 amide bonds. The van der Waals surface area contributed by atoms with Crippen LogP contribution in [0.15, 0.2) is 28.4 Å². The highest BCUT2D eigenvalue weighted by molar-refractivity contribution is 6.04. The maximum Gasteiger partial charge on any atom is 0.159 e. The van der Waals surface area contributed by atoms with Gasteiger partial charge in [-0.1, -0.05) is 0 Å². The number of amidine groups is 1. The Kier molecular flexibility index (Phi) is 2.45. The van der Waals surface area contributed by atoms with Gasteiger partial charge in [-0.2, -0.15) is 5.10 Å². The van der Waals surface area contributed by atoms with Gasteiger partial charge in [-0.3, -0.25) is 0 Å². The van der Waals surface area contributed by atoms with Crippen LogP contribution in [0.3, 0.4) is 0 Å². The summed E-state index contributed by atoms with van der Waals surface area (Å²) in [5.41, 5.74) is 6.61. The molecule has 1 heterocycles.